The summed E-state index contributed by atoms with van der Waals surface area (Å²) in [6.45, 7) is 0.586. The van der Waals surface area contributed by atoms with Crippen LogP contribution in [0, 0.1) is 6.92 Å². The topological polar surface area (TPSA) is 46.3 Å². The minimum absolute atomic E-state index is 0.141. The highest BCUT2D eigenvalue weighted by molar-refractivity contribution is 5.99. The maximum atomic E-state index is 12.5. The van der Waals surface area contributed by atoms with Gasteiger partial charge in [-0.15, -0.1) is 0 Å². The number of halogens is 3. The van der Waals surface area contributed by atoms with Gasteiger partial charge in [0.05, 0.1) is 5.56 Å². The molecule has 0 heterocycles. The molecule has 0 spiro atoms. The van der Waals surface area contributed by atoms with Gasteiger partial charge in [0.15, 0.2) is 0 Å². The summed E-state index contributed by atoms with van der Waals surface area (Å²) in [7, 11) is 0. The second-order valence-electron chi connectivity index (χ2n) is 4.87. The molecule has 1 aromatic carbocycles. The van der Waals surface area contributed by atoms with Gasteiger partial charge in [-0.25, -0.2) is 0 Å². The van der Waals surface area contributed by atoms with Gasteiger partial charge >= 0.3 is 6.18 Å². The van der Waals surface area contributed by atoms with Crippen molar-refractivity contribution in [3.8, 4) is 0 Å². The molecule has 2 rings (SSSR count). The van der Waals surface area contributed by atoms with Gasteiger partial charge in [-0.3, -0.25) is 4.79 Å². The molecule has 1 amide bonds. The van der Waals surface area contributed by atoms with Gasteiger partial charge in [-0.1, -0.05) is 6.07 Å². The van der Waals surface area contributed by atoms with Crippen molar-refractivity contribution < 1.29 is 18.0 Å². The van der Waals surface area contributed by atoms with Crippen LogP contribution in [0.1, 0.15) is 28.8 Å². The lowest BCUT2D eigenvalue weighted by Crippen LogP contribution is -2.40. The third-order valence-corrected chi connectivity index (χ3v) is 3.04. The fourth-order valence-electron chi connectivity index (χ4n) is 1.98. The summed E-state index contributed by atoms with van der Waals surface area (Å²) in [5.41, 5.74) is 6.94. The number of amides is 1. The van der Waals surface area contributed by atoms with Crippen LogP contribution >= 0.6 is 0 Å². The number of benzene rings is 1. The molecule has 1 fully saturated rings. The van der Waals surface area contributed by atoms with E-state index in [0.717, 1.165) is 10.5 Å². The van der Waals surface area contributed by atoms with Gasteiger partial charge in [-0.2, -0.15) is 13.2 Å². The van der Waals surface area contributed by atoms with E-state index in [1.807, 2.05) is 0 Å². The predicted molar refractivity (Wildman–Crippen MR) is 65.7 cm³/mol. The van der Waals surface area contributed by atoms with Crippen LogP contribution in [-0.4, -0.2) is 29.6 Å². The van der Waals surface area contributed by atoms with E-state index in [4.69, 9.17) is 5.73 Å². The minimum atomic E-state index is -4.39. The highest BCUT2D eigenvalue weighted by Crippen LogP contribution is 2.32. The first-order valence-electron chi connectivity index (χ1n) is 6.02. The number of carbonyl (C=O) groups is 1. The first kappa shape index (κ1) is 13.7. The zero-order valence-electron chi connectivity index (χ0n) is 10.5. The zero-order valence-corrected chi connectivity index (χ0v) is 10.5. The van der Waals surface area contributed by atoms with Crippen molar-refractivity contribution in [3.63, 3.8) is 0 Å². The molecule has 0 bridgehead atoms. The van der Waals surface area contributed by atoms with Crippen LogP contribution in [0.4, 0.5) is 18.9 Å². The number of nitrogens with two attached hydrogens (primary N) is 1. The highest BCUT2D eigenvalue weighted by atomic mass is 19.4. The third-order valence-electron chi connectivity index (χ3n) is 3.04. The van der Waals surface area contributed by atoms with Crippen LogP contribution in [0.25, 0.3) is 0 Å². The lowest BCUT2D eigenvalue weighted by atomic mass is 10.1. The SMILES string of the molecule is Cc1ccc(C(=O)N(CC(F)(F)F)C2CC2)c(N)c1. The molecule has 1 saturated carbocycles. The second kappa shape index (κ2) is 4.75. The molecule has 0 aliphatic heterocycles. The number of hydrogen-bond donors (Lipinski definition) is 1. The molecule has 1 aliphatic carbocycles. The Morgan fingerprint density at radius 2 is 2.05 bits per heavy atom. The molecule has 0 aromatic heterocycles. The first-order chi connectivity index (χ1) is 8.78. The Balaban J connectivity index is 2.24. The molecule has 2 N–H and O–H groups in total. The number of nitrogens with zero attached hydrogens (tertiary/aromatic N) is 1. The van der Waals surface area contributed by atoms with Crippen molar-refractivity contribution in [2.24, 2.45) is 0 Å². The molecule has 0 saturated heterocycles. The van der Waals surface area contributed by atoms with Crippen LogP contribution in [0.2, 0.25) is 0 Å². The van der Waals surface area contributed by atoms with Crippen molar-refractivity contribution in [3.05, 3.63) is 29.3 Å². The van der Waals surface area contributed by atoms with Crippen LogP contribution in [0.3, 0.4) is 0 Å². The van der Waals surface area contributed by atoms with E-state index in [2.05, 4.69) is 0 Å². The van der Waals surface area contributed by atoms with Gasteiger partial charge in [0, 0.05) is 11.7 Å². The fourth-order valence-corrected chi connectivity index (χ4v) is 1.98. The van der Waals surface area contributed by atoms with Gasteiger partial charge in [-0.05, 0) is 37.5 Å². The molecule has 0 unspecified atom stereocenters. The quantitative estimate of drug-likeness (QED) is 0.860. The molecule has 19 heavy (non-hydrogen) atoms. The molecular weight excluding hydrogens is 257 g/mol. The Morgan fingerprint density at radius 3 is 2.53 bits per heavy atom. The van der Waals surface area contributed by atoms with E-state index in [1.165, 1.54) is 6.07 Å². The van der Waals surface area contributed by atoms with Crippen molar-refractivity contribution in [1.82, 2.24) is 4.90 Å². The summed E-state index contributed by atoms with van der Waals surface area (Å²) in [4.78, 5) is 13.1. The lowest BCUT2D eigenvalue weighted by Gasteiger charge is -2.24. The lowest BCUT2D eigenvalue weighted by molar-refractivity contribution is -0.141. The second-order valence-corrected chi connectivity index (χ2v) is 4.87. The zero-order chi connectivity index (χ0) is 14.2. The molecule has 104 valence electrons. The van der Waals surface area contributed by atoms with Crippen LogP contribution in [-0.2, 0) is 0 Å². The summed E-state index contributed by atoms with van der Waals surface area (Å²) in [5.74, 6) is -0.641. The average molecular weight is 272 g/mol. The van der Waals surface area contributed by atoms with Gasteiger partial charge in [0.2, 0.25) is 0 Å². The number of anilines is 1. The van der Waals surface area contributed by atoms with E-state index >= 15 is 0 Å². The Hall–Kier alpha value is -1.72. The Morgan fingerprint density at radius 1 is 1.42 bits per heavy atom. The molecule has 1 aliphatic rings. The fraction of sp³-hybridized carbons (Fsp3) is 0.462. The van der Waals surface area contributed by atoms with Gasteiger partial charge in [0.1, 0.15) is 6.54 Å². The average Bonchev–Trinajstić information content (AvgIpc) is 3.07. The van der Waals surface area contributed by atoms with E-state index in [1.54, 1.807) is 19.1 Å². The van der Waals surface area contributed by atoms with Crippen molar-refractivity contribution in [1.29, 1.82) is 0 Å². The van der Waals surface area contributed by atoms with E-state index in [9.17, 15) is 18.0 Å². The summed E-state index contributed by atoms with van der Waals surface area (Å²) in [6, 6.07) is 4.43. The van der Waals surface area contributed by atoms with Crippen LogP contribution in [0.15, 0.2) is 18.2 Å². The summed E-state index contributed by atoms with van der Waals surface area (Å²) < 4.78 is 37.5. The third kappa shape index (κ3) is 3.39. The highest BCUT2D eigenvalue weighted by Gasteiger charge is 2.41. The number of nitrogen functional groups attached to an aromatic ring is 1. The maximum absolute atomic E-state index is 12.5. The van der Waals surface area contributed by atoms with Crippen LogP contribution < -0.4 is 5.73 Å². The normalized spacial score (nSPS) is 15.4. The Kier molecular flexibility index (Phi) is 3.43. The number of aryl methyl sites for hydroxylation is 1. The standard InChI is InChI=1S/C13H15F3N2O/c1-8-2-5-10(11(17)6-8)12(19)18(9-3-4-9)7-13(14,15)16/h2,5-6,9H,3-4,7,17H2,1H3. The van der Waals surface area contributed by atoms with Crippen molar-refractivity contribution in [2.45, 2.75) is 32.0 Å². The molecule has 1 aromatic rings. The molecule has 0 radical (unpaired) electrons. The molecule has 0 atom stereocenters. The number of hydrogen-bond acceptors (Lipinski definition) is 2. The predicted octanol–water partition coefficient (Wildman–Crippen LogP) is 2.74. The Labute approximate surface area is 109 Å². The van der Waals surface area contributed by atoms with Crippen molar-refractivity contribution in [2.75, 3.05) is 12.3 Å². The number of alkyl halides is 3. The van der Waals surface area contributed by atoms with Gasteiger partial charge in [0.25, 0.3) is 5.91 Å². The largest absolute Gasteiger partial charge is 0.406 e. The Bertz CT molecular complexity index is 495. The first-order valence-corrected chi connectivity index (χ1v) is 6.02. The number of carbonyl (C=O) groups excluding carboxylic acids is 1. The van der Waals surface area contributed by atoms with E-state index in [0.29, 0.717) is 12.8 Å². The summed E-state index contributed by atoms with van der Waals surface area (Å²) in [6.07, 6.45) is -3.15. The molecule has 6 heteroatoms. The molecular formula is C13H15F3N2O. The molecule has 3 nitrogen and oxygen atoms in total. The smallest absolute Gasteiger partial charge is 0.398 e. The maximum Gasteiger partial charge on any atom is 0.406 e. The van der Waals surface area contributed by atoms with Crippen LogP contribution in [0.5, 0.6) is 0 Å². The van der Waals surface area contributed by atoms with Crippen molar-refractivity contribution >= 4 is 11.6 Å². The number of rotatable bonds is 3. The van der Waals surface area contributed by atoms with Gasteiger partial charge < -0.3 is 10.6 Å². The van der Waals surface area contributed by atoms with E-state index in [-0.39, 0.29) is 17.3 Å². The van der Waals surface area contributed by atoms with E-state index < -0.39 is 18.6 Å². The minimum Gasteiger partial charge on any atom is -0.398 e. The monoisotopic (exact) mass is 272 g/mol. The summed E-state index contributed by atoms with van der Waals surface area (Å²) in [5, 5.41) is 0. The summed E-state index contributed by atoms with van der Waals surface area (Å²) >= 11 is 0.